The number of nitrogens with zero attached hydrogens (tertiary/aromatic N) is 4. The first-order chi connectivity index (χ1) is 10.4. The van der Waals surface area contributed by atoms with Crippen molar-refractivity contribution in [2.75, 3.05) is 19.6 Å². The highest BCUT2D eigenvalue weighted by Gasteiger charge is 2.34. The van der Waals surface area contributed by atoms with Gasteiger partial charge in [-0.05, 0) is 26.3 Å². The molecule has 0 unspecified atom stereocenters. The van der Waals surface area contributed by atoms with Crippen molar-refractivity contribution in [3.8, 4) is 0 Å². The third-order valence-corrected chi connectivity index (χ3v) is 4.28. The predicted octanol–water partition coefficient (Wildman–Crippen LogP) is -0.241. The molecule has 122 valence electrons. The third kappa shape index (κ3) is 3.65. The fourth-order valence-corrected chi connectivity index (χ4v) is 2.93. The zero-order valence-electron chi connectivity index (χ0n) is 13.5. The van der Waals surface area contributed by atoms with Crippen molar-refractivity contribution < 1.29 is 9.59 Å². The van der Waals surface area contributed by atoms with Gasteiger partial charge in [-0.2, -0.15) is 5.10 Å². The Hall–Kier alpha value is -1.89. The summed E-state index contributed by atoms with van der Waals surface area (Å²) in [6, 6.07) is 1.76. The van der Waals surface area contributed by atoms with Crippen molar-refractivity contribution in [2.45, 2.75) is 38.8 Å². The Bertz CT molecular complexity index is 540. The van der Waals surface area contributed by atoms with Gasteiger partial charge in [0.05, 0.1) is 0 Å². The van der Waals surface area contributed by atoms with Crippen LogP contribution in [0.3, 0.4) is 0 Å². The molecular formula is C15H25N5O2. The normalized spacial score (nSPS) is 19.6. The number of piperazine rings is 1. The molecule has 2 rings (SSSR count). The lowest BCUT2D eigenvalue weighted by Crippen LogP contribution is -2.61. The first-order valence-corrected chi connectivity index (χ1v) is 7.70. The second-order valence-corrected chi connectivity index (χ2v) is 6.04. The van der Waals surface area contributed by atoms with Crippen LogP contribution in [0.25, 0.3) is 0 Å². The molecule has 1 fully saturated rings. The summed E-state index contributed by atoms with van der Waals surface area (Å²) in [6.07, 6.45) is 2.80. The molecule has 1 saturated heterocycles. The Morgan fingerprint density at radius 2 is 2.14 bits per heavy atom. The summed E-state index contributed by atoms with van der Waals surface area (Å²) < 4.78 is 1.77. The Balaban J connectivity index is 1.93. The van der Waals surface area contributed by atoms with Gasteiger partial charge in [-0.25, -0.2) is 0 Å². The van der Waals surface area contributed by atoms with E-state index in [1.807, 2.05) is 27.0 Å². The van der Waals surface area contributed by atoms with E-state index in [1.54, 1.807) is 15.8 Å². The first kappa shape index (κ1) is 16.5. The van der Waals surface area contributed by atoms with E-state index in [4.69, 9.17) is 5.73 Å². The van der Waals surface area contributed by atoms with Crippen LogP contribution in [0, 0.1) is 0 Å². The molecule has 0 spiro atoms. The molecule has 1 aliphatic rings. The van der Waals surface area contributed by atoms with E-state index in [-0.39, 0.29) is 17.9 Å². The summed E-state index contributed by atoms with van der Waals surface area (Å²) >= 11 is 0. The maximum absolute atomic E-state index is 12.4. The van der Waals surface area contributed by atoms with Crippen LogP contribution < -0.4 is 5.73 Å². The molecule has 2 heterocycles. The largest absolute Gasteiger partial charge is 0.368 e. The smallest absolute Gasteiger partial charge is 0.236 e. The van der Waals surface area contributed by atoms with Gasteiger partial charge in [-0.15, -0.1) is 0 Å². The number of hydrogen-bond donors (Lipinski definition) is 1. The Kier molecular flexibility index (Phi) is 5.18. The van der Waals surface area contributed by atoms with Crippen molar-refractivity contribution in [3.63, 3.8) is 0 Å². The zero-order valence-corrected chi connectivity index (χ0v) is 13.5. The van der Waals surface area contributed by atoms with Crippen molar-refractivity contribution in [3.05, 3.63) is 18.0 Å². The van der Waals surface area contributed by atoms with E-state index < -0.39 is 6.04 Å². The average Bonchev–Trinajstić information content (AvgIpc) is 2.89. The molecule has 22 heavy (non-hydrogen) atoms. The second kappa shape index (κ2) is 6.91. The van der Waals surface area contributed by atoms with Crippen LogP contribution in [-0.4, -0.2) is 63.1 Å². The van der Waals surface area contributed by atoms with Crippen LogP contribution in [0.2, 0.25) is 0 Å². The molecular weight excluding hydrogens is 282 g/mol. The van der Waals surface area contributed by atoms with Crippen LogP contribution in [0.5, 0.6) is 0 Å². The number of primary amides is 1. The molecule has 2 N–H and O–H groups in total. The minimum atomic E-state index is -0.394. The van der Waals surface area contributed by atoms with E-state index >= 15 is 0 Å². The van der Waals surface area contributed by atoms with E-state index in [0.29, 0.717) is 32.5 Å². The van der Waals surface area contributed by atoms with Gasteiger partial charge in [0.25, 0.3) is 0 Å². The number of aromatic nitrogens is 2. The number of rotatable bonds is 5. The van der Waals surface area contributed by atoms with Gasteiger partial charge in [0.2, 0.25) is 11.8 Å². The molecule has 0 saturated carbocycles. The minimum Gasteiger partial charge on any atom is -0.368 e. The zero-order chi connectivity index (χ0) is 16.3. The van der Waals surface area contributed by atoms with Crippen LogP contribution in [0.1, 0.15) is 26.0 Å². The van der Waals surface area contributed by atoms with E-state index in [0.717, 1.165) is 5.69 Å². The lowest BCUT2D eigenvalue weighted by atomic mass is 10.1. The van der Waals surface area contributed by atoms with Crippen molar-refractivity contribution >= 4 is 11.8 Å². The van der Waals surface area contributed by atoms with Gasteiger partial charge in [0, 0.05) is 51.0 Å². The molecule has 0 aromatic carbocycles. The molecule has 7 nitrogen and oxygen atoms in total. The van der Waals surface area contributed by atoms with Gasteiger partial charge in [-0.3, -0.25) is 19.2 Å². The molecule has 0 radical (unpaired) electrons. The molecule has 2 amide bonds. The standard InChI is InChI=1S/C15H25N5O2/c1-11(2)20-9-8-19(10-13(20)15(16)22)14(21)5-4-12-6-7-17-18(12)3/h6-7,11,13H,4-5,8-10H2,1-3H3,(H2,16,22)/t13-/m1/s1. The van der Waals surface area contributed by atoms with Crippen molar-refractivity contribution in [2.24, 2.45) is 12.8 Å². The summed E-state index contributed by atoms with van der Waals surface area (Å²) in [7, 11) is 1.87. The summed E-state index contributed by atoms with van der Waals surface area (Å²) in [5.74, 6) is -0.298. The van der Waals surface area contributed by atoms with Gasteiger partial charge in [0.1, 0.15) is 6.04 Å². The van der Waals surface area contributed by atoms with Crippen LogP contribution in [0.4, 0.5) is 0 Å². The topological polar surface area (TPSA) is 84.5 Å². The summed E-state index contributed by atoms with van der Waals surface area (Å²) in [5.41, 5.74) is 6.53. The summed E-state index contributed by atoms with van der Waals surface area (Å²) in [6.45, 7) is 5.79. The number of nitrogens with two attached hydrogens (primary N) is 1. The third-order valence-electron chi connectivity index (χ3n) is 4.28. The number of hydrogen-bond acceptors (Lipinski definition) is 4. The lowest BCUT2D eigenvalue weighted by Gasteiger charge is -2.42. The van der Waals surface area contributed by atoms with Crippen LogP contribution in [-0.2, 0) is 23.1 Å². The van der Waals surface area contributed by atoms with Crippen LogP contribution >= 0.6 is 0 Å². The Labute approximate surface area is 131 Å². The second-order valence-electron chi connectivity index (χ2n) is 6.04. The first-order valence-electron chi connectivity index (χ1n) is 7.70. The molecule has 1 atom stereocenters. The maximum Gasteiger partial charge on any atom is 0.236 e. The number of aryl methyl sites for hydroxylation is 2. The van der Waals surface area contributed by atoms with E-state index in [1.165, 1.54) is 0 Å². The fourth-order valence-electron chi connectivity index (χ4n) is 2.93. The Morgan fingerprint density at radius 3 is 2.68 bits per heavy atom. The van der Waals surface area contributed by atoms with Crippen molar-refractivity contribution in [1.82, 2.24) is 19.6 Å². The number of amides is 2. The molecule has 0 bridgehead atoms. The molecule has 1 aliphatic heterocycles. The highest BCUT2D eigenvalue weighted by atomic mass is 16.2. The highest BCUT2D eigenvalue weighted by Crippen LogP contribution is 2.15. The monoisotopic (exact) mass is 307 g/mol. The number of carbonyl (C=O) groups is 2. The number of carbonyl (C=O) groups excluding carboxylic acids is 2. The quantitative estimate of drug-likeness (QED) is 0.813. The summed E-state index contributed by atoms with van der Waals surface area (Å²) in [4.78, 5) is 27.8. The minimum absolute atomic E-state index is 0.0656. The van der Waals surface area contributed by atoms with E-state index in [2.05, 4.69) is 10.00 Å². The van der Waals surface area contributed by atoms with Crippen LogP contribution in [0.15, 0.2) is 12.3 Å². The van der Waals surface area contributed by atoms with Gasteiger partial charge in [0.15, 0.2) is 0 Å². The van der Waals surface area contributed by atoms with Gasteiger partial charge >= 0.3 is 0 Å². The molecule has 1 aromatic rings. The SMILES string of the molecule is CC(C)N1CCN(C(=O)CCc2ccnn2C)C[C@@H]1C(N)=O. The molecule has 1 aromatic heterocycles. The summed E-state index contributed by atoms with van der Waals surface area (Å²) in [5, 5.41) is 4.10. The maximum atomic E-state index is 12.4. The van der Waals surface area contributed by atoms with E-state index in [9.17, 15) is 9.59 Å². The highest BCUT2D eigenvalue weighted by molar-refractivity contribution is 5.82. The van der Waals surface area contributed by atoms with Gasteiger partial charge in [-0.1, -0.05) is 0 Å². The average molecular weight is 307 g/mol. The molecule has 0 aliphatic carbocycles. The predicted molar refractivity (Wildman–Crippen MR) is 82.9 cm³/mol. The van der Waals surface area contributed by atoms with Crippen molar-refractivity contribution in [1.29, 1.82) is 0 Å². The lowest BCUT2D eigenvalue weighted by molar-refractivity contribution is -0.138. The van der Waals surface area contributed by atoms with Gasteiger partial charge < -0.3 is 10.6 Å². The fraction of sp³-hybridized carbons (Fsp3) is 0.667. The Morgan fingerprint density at radius 1 is 1.41 bits per heavy atom. The molecule has 7 heteroatoms.